The quantitative estimate of drug-likeness (QED) is 0.613. The second-order valence-electron chi connectivity index (χ2n) is 6.27. The summed E-state index contributed by atoms with van der Waals surface area (Å²) in [6.07, 6.45) is 0. The summed E-state index contributed by atoms with van der Waals surface area (Å²) >= 11 is 0. The molecule has 26 heavy (non-hydrogen) atoms. The van der Waals surface area contributed by atoms with Crippen molar-refractivity contribution in [3.05, 3.63) is 95.6 Å². The van der Waals surface area contributed by atoms with Gasteiger partial charge in [-0.1, -0.05) is 66.7 Å². The highest BCUT2D eigenvalue weighted by Gasteiger charge is 2.08. The number of methoxy groups -OCH3 is 1. The smallest absolute Gasteiger partial charge is 0.161 e. The highest BCUT2D eigenvalue weighted by molar-refractivity contribution is 5.43. The summed E-state index contributed by atoms with van der Waals surface area (Å²) in [6.45, 7) is 3.47. The van der Waals surface area contributed by atoms with E-state index in [1.54, 1.807) is 7.11 Å². The van der Waals surface area contributed by atoms with E-state index < -0.39 is 0 Å². The molecule has 1 unspecified atom stereocenters. The number of nitrogens with one attached hydrogen (secondary N) is 1. The van der Waals surface area contributed by atoms with Crippen LogP contribution >= 0.6 is 0 Å². The predicted octanol–water partition coefficient (Wildman–Crippen LogP) is 5.13. The van der Waals surface area contributed by atoms with Crippen molar-refractivity contribution in [3.8, 4) is 11.5 Å². The first-order valence-corrected chi connectivity index (χ1v) is 8.88. The average molecular weight is 347 g/mol. The van der Waals surface area contributed by atoms with Crippen LogP contribution in [-0.4, -0.2) is 7.11 Å². The fraction of sp³-hybridized carbons (Fsp3) is 0.217. The molecule has 0 aliphatic rings. The van der Waals surface area contributed by atoms with Crippen LogP contribution in [0, 0.1) is 0 Å². The highest BCUT2D eigenvalue weighted by atomic mass is 16.5. The molecule has 0 amide bonds. The molecular weight excluding hydrogens is 322 g/mol. The first-order chi connectivity index (χ1) is 12.8. The van der Waals surface area contributed by atoms with Gasteiger partial charge in [-0.25, -0.2) is 0 Å². The summed E-state index contributed by atoms with van der Waals surface area (Å²) in [4.78, 5) is 0. The molecule has 0 fully saturated rings. The minimum atomic E-state index is 0.288. The maximum Gasteiger partial charge on any atom is 0.161 e. The van der Waals surface area contributed by atoms with Gasteiger partial charge in [0, 0.05) is 12.6 Å². The number of ether oxygens (including phenoxy) is 2. The molecule has 3 aromatic rings. The molecule has 3 nitrogen and oxygen atoms in total. The Hall–Kier alpha value is -2.78. The zero-order valence-corrected chi connectivity index (χ0v) is 15.3. The van der Waals surface area contributed by atoms with Crippen LogP contribution in [0.25, 0.3) is 0 Å². The number of hydrogen-bond donors (Lipinski definition) is 1. The van der Waals surface area contributed by atoms with Gasteiger partial charge < -0.3 is 14.8 Å². The lowest BCUT2D eigenvalue weighted by molar-refractivity contribution is 0.284. The van der Waals surface area contributed by atoms with E-state index in [-0.39, 0.29) is 6.04 Å². The van der Waals surface area contributed by atoms with E-state index in [9.17, 15) is 0 Å². The van der Waals surface area contributed by atoms with E-state index in [2.05, 4.69) is 54.7 Å². The summed E-state index contributed by atoms with van der Waals surface area (Å²) in [5.74, 6) is 1.52. The van der Waals surface area contributed by atoms with Gasteiger partial charge in [0.2, 0.25) is 0 Å². The van der Waals surface area contributed by atoms with Crippen molar-refractivity contribution in [1.29, 1.82) is 0 Å². The molecule has 0 saturated heterocycles. The molecule has 3 heteroatoms. The van der Waals surface area contributed by atoms with Gasteiger partial charge in [-0.2, -0.15) is 0 Å². The van der Waals surface area contributed by atoms with Crippen LogP contribution in [-0.2, 0) is 13.2 Å². The lowest BCUT2D eigenvalue weighted by atomic mass is 10.1. The van der Waals surface area contributed by atoms with Crippen molar-refractivity contribution in [2.45, 2.75) is 26.1 Å². The molecule has 0 heterocycles. The van der Waals surface area contributed by atoms with Crippen molar-refractivity contribution in [3.63, 3.8) is 0 Å². The fourth-order valence-electron chi connectivity index (χ4n) is 2.81. The molecule has 0 saturated carbocycles. The van der Waals surface area contributed by atoms with Crippen LogP contribution in [0.3, 0.4) is 0 Å². The normalized spacial score (nSPS) is 11.8. The molecule has 0 spiro atoms. The van der Waals surface area contributed by atoms with E-state index in [0.717, 1.165) is 29.2 Å². The van der Waals surface area contributed by atoms with Crippen LogP contribution in [0.2, 0.25) is 0 Å². The Kier molecular flexibility index (Phi) is 6.29. The van der Waals surface area contributed by atoms with Gasteiger partial charge in [-0.15, -0.1) is 0 Å². The van der Waals surface area contributed by atoms with Gasteiger partial charge in [0.15, 0.2) is 11.5 Å². The third-order valence-electron chi connectivity index (χ3n) is 4.38. The van der Waals surface area contributed by atoms with Gasteiger partial charge in [0.1, 0.15) is 6.61 Å². The van der Waals surface area contributed by atoms with Gasteiger partial charge in [-0.05, 0) is 35.7 Å². The van der Waals surface area contributed by atoms with E-state index in [0.29, 0.717) is 6.61 Å². The zero-order chi connectivity index (χ0) is 18.2. The van der Waals surface area contributed by atoms with Crippen LogP contribution < -0.4 is 14.8 Å². The average Bonchev–Trinajstić information content (AvgIpc) is 2.72. The Morgan fingerprint density at radius 1 is 0.808 bits per heavy atom. The third kappa shape index (κ3) is 4.87. The third-order valence-corrected chi connectivity index (χ3v) is 4.38. The molecule has 3 rings (SSSR count). The number of hydrogen-bond acceptors (Lipinski definition) is 3. The second kappa shape index (κ2) is 9.07. The topological polar surface area (TPSA) is 30.5 Å². The van der Waals surface area contributed by atoms with Crippen molar-refractivity contribution in [2.75, 3.05) is 7.11 Å². The Morgan fingerprint density at radius 3 is 2.19 bits per heavy atom. The monoisotopic (exact) mass is 347 g/mol. The molecule has 134 valence electrons. The van der Waals surface area contributed by atoms with E-state index in [1.807, 2.05) is 36.4 Å². The zero-order valence-electron chi connectivity index (χ0n) is 15.3. The minimum Gasteiger partial charge on any atom is -0.493 e. The van der Waals surface area contributed by atoms with Crippen molar-refractivity contribution in [1.82, 2.24) is 5.32 Å². The maximum atomic E-state index is 5.92. The number of benzene rings is 3. The Balaban J connectivity index is 1.61. The van der Waals surface area contributed by atoms with Crippen LogP contribution in [0.1, 0.15) is 29.7 Å². The molecule has 0 aliphatic heterocycles. The second-order valence-corrected chi connectivity index (χ2v) is 6.27. The van der Waals surface area contributed by atoms with Crippen LogP contribution in [0.4, 0.5) is 0 Å². The molecular formula is C23H25NO2. The maximum absolute atomic E-state index is 5.92. The summed E-state index contributed by atoms with van der Waals surface area (Å²) in [5.41, 5.74) is 3.58. The first kappa shape index (κ1) is 18.0. The van der Waals surface area contributed by atoms with Crippen LogP contribution in [0.15, 0.2) is 78.9 Å². The molecule has 0 radical (unpaired) electrons. The highest BCUT2D eigenvalue weighted by Crippen LogP contribution is 2.29. The molecule has 0 bridgehead atoms. The summed E-state index contributed by atoms with van der Waals surface area (Å²) < 4.78 is 11.4. The van der Waals surface area contributed by atoms with Crippen molar-refractivity contribution >= 4 is 0 Å². The van der Waals surface area contributed by atoms with E-state index in [4.69, 9.17) is 9.47 Å². The SMILES string of the molecule is COc1cc(CNC(C)c2ccccc2)ccc1OCc1ccccc1. The lowest BCUT2D eigenvalue weighted by Gasteiger charge is -2.16. The van der Waals surface area contributed by atoms with Gasteiger partial charge in [0.05, 0.1) is 7.11 Å². The predicted molar refractivity (Wildman–Crippen MR) is 105 cm³/mol. The Morgan fingerprint density at radius 2 is 1.50 bits per heavy atom. The molecule has 0 aliphatic carbocycles. The van der Waals surface area contributed by atoms with Crippen molar-refractivity contribution in [2.24, 2.45) is 0 Å². The molecule has 3 aromatic carbocycles. The first-order valence-electron chi connectivity index (χ1n) is 8.88. The lowest BCUT2D eigenvalue weighted by Crippen LogP contribution is -2.18. The minimum absolute atomic E-state index is 0.288. The summed E-state index contributed by atoms with van der Waals surface area (Å²) in [6, 6.07) is 26.9. The standard InChI is InChI=1S/C23H25NO2/c1-18(21-11-7-4-8-12-21)24-16-20-13-14-22(23(15-20)25-2)26-17-19-9-5-3-6-10-19/h3-15,18,24H,16-17H2,1-2H3. The fourth-order valence-corrected chi connectivity index (χ4v) is 2.81. The molecule has 0 aromatic heterocycles. The number of rotatable bonds is 8. The van der Waals surface area contributed by atoms with E-state index in [1.165, 1.54) is 5.56 Å². The summed E-state index contributed by atoms with van der Waals surface area (Å²) in [5, 5.41) is 3.55. The van der Waals surface area contributed by atoms with Gasteiger partial charge >= 0.3 is 0 Å². The van der Waals surface area contributed by atoms with Crippen molar-refractivity contribution < 1.29 is 9.47 Å². The molecule has 1 atom stereocenters. The van der Waals surface area contributed by atoms with E-state index >= 15 is 0 Å². The molecule has 1 N–H and O–H groups in total. The van der Waals surface area contributed by atoms with Gasteiger partial charge in [-0.3, -0.25) is 0 Å². The largest absolute Gasteiger partial charge is 0.493 e. The Bertz CT molecular complexity index is 803. The van der Waals surface area contributed by atoms with Gasteiger partial charge in [0.25, 0.3) is 0 Å². The summed E-state index contributed by atoms with van der Waals surface area (Å²) in [7, 11) is 1.68. The Labute approximate surface area is 155 Å². The van der Waals surface area contributed by atoms with Crippen LogP contribution in [0.5, 0.6) is 11.5 Å².